The van der Waals surface area contributed by atoms with Crippen molar-refractivity contribution < 1.29 is 19.1 Å². The van der Waals surface area contributed by atoms with Gasteiger partial charge < -0.3 is 14.8 Å². The molecule has 1 aliphatic rings. The average molecular weight is 346 g/mol. The Morgan fingerprint density at radius 1 is 1.23 bits per heavy atom. The average Bonchev–Trinajstić information content (AvgIpc) is 3.25. The van der Waals surface area contributed by atoms with E-state index in [4.69, 9.17) is 32.7 Å². The number of esters is 1. The lowest BCUT2D eigenvalue weighted by atomic mass is 10.3. The fourth-order valence-electron chi connectivity index (χ4n) is 1.68. The van der Waals surface area contributed by atoms with Crippen molar-refractivity contribution in [1.29, 1.82) is 0 Å². The van der Waals surface area contributed by atoms with Gasteiger partial charge in [-0.2, -0.15) is 0 Å². The number of hydrogen-bond acceptors (Lipinski definition) is 4. The highest BCUT2D eigenvalue weighted by Crippen LogP contribution is 2.28. The topological polar surface area (TPSA) is 64.6 Å². The molecule has 120 valence electrons. The number of amides is 1. The lowest BCUT2D eigenvalue weighted by molar-refractivity contribution is -0.160. The maximum Gasteiger partial charge on any atom is 0.347 e. The normalized spacial score (nSPS) is 16.5. The van der Waals surface area contributed by atoms with E-state index in [0.717, 1.165) is 12.8 Å². The van der Waals surface area contributed by atoms with Crippen molar-refractivity contribution >= 4 is 35.1 Å². The van der Waals surface area contributed by atoms with Crippen molar-refractivity contribution in [1.82, 2.24) is 5.32 Å². The Balaban J connectivity index is 1.86. The summed E-state index contributed by atoms with van der Waals surface area (Å²) in [6, 6.07) is 4.90. The van der Waals surface area contributed by atoms with Crippen LogP contribution in [-0.2, 0) is 14.3 Å². The molecular formula is C15H17Cl2NO4. The first-order chi connectivity index (χ1) is 10.4. The summed E-state index contributed by atoms with van der Waals surface area (Å²) in [6.07, 6.45) is 0.191. The van der Waals surface area contributed by atoms with Crippen molar-refractivity contribution in [3.8, 4) is 5.75 Å². The zero-order valence-corrected chi connectivity index (χ0v) is 13.8. The fourth-order valence-corrected chi connectivity index (χ4v) is 2.13. The first-order valence-electron chi connectivity index (χ1n) is 6.99. The van der Waals surface area contributed by atoms with Crippen LogP contribution < -0.4 is 10.1 Å². The van der Waals surface area contributed by atoms with Crippen LogP contribution in [0.2, 0.25) is 10.0 Å². The van der Waals surface area contributed by atoms with Gasteiger partial charge >= 0.3 is 5.97 Å². The fraction of sp³-hybridized carbons (Fsp3) is 0.467. The Morgan fingerprint density at radius 3 is 2.50 bits per heavy atom. The first-order valence-corrected chi connectivity index (χ1v) is 7.75. The maximum atomic E-state index is 11.9. The summed E-state index contributed by atoms with van der Waals surface area (Å²) in [5.74, 6) is -0.609. The number of carbonyl (C=O) groups excluding carboxylic acids is 2. The third-order valence-corrected chi connectivity index (χ3v) is 3.65. The van der Waals surface area contributed by atoms with Crippen LogP contribution in [0.25, 0.3) is 0 Å². The van der Waals surface area contributed by atoms with E-state index in [-0.39, 0.29) is 11.9 Å². The number of ether oxygens (including phenoxy) is 2. The van der Waals surface area contributed by atoms with Crippen LogP contribution in [0.4, 0.5) is 0 Å². The summed E-state index contributed by atoms with van der Waals surface area (Å²) >= 11 is 11.8. The van der Waals surface area contributed by atoms with E-state index in [9.17, 15) is 9.59 Å². The van der Waals surface area contributed by atoms with E-state index in [1.807, 2.05) is 0 Å². The monoisotopic (exact) mass is 345 g/mol. The molecule has 2 atom stereocenters. The second kappa shape index (κ2) is 7.20. The van der Waals surface area contributed by atoms with Gasteiger partial charge in [0.25, 0.3) is 5.91 Å². The minimum absolute atomic E-state index is 0.218. The van der Waals surface area contributed by atoms with E-state index >= 15 is 0 Å². The van der Waals surface area contributed by atoms with Gasteiger partial charge in [-0.05, 0) is 44.9 Å². The summed E-state index contributed by atoms with van der Waals surface area (Å²) in [4.78, 5) is 23.7. The second-order valence-electron chi connectivity index (χ2n) is 5.20. The van der Waals surface area contributed by atoms with E-state index < -0.39 is 18.2 Å². The SMILES string of the molecule is C[C@H](OC(=O)[C@H](C)Oc1ccc(Cl)cc1Cl)C(=O)NC1CC1. The molecule has 0 radical (unpaired) electrons. The lowest BCUT2D eigenvalue weighted by Crippen LogP contribution is -2.39. The van der Waals surface area contributed by atoms with Crippen LogP contribution in [0.1, 0.15) is 26.7 Å². The Kier molecular flexibility index (Phi) is 5.53. The molecule has 1 amide bonds. The number of carbonyl (C=O) groups is 2. The largest absolute Gasteiger partial charge is 0.477 e. The summed E-state index contributed by atoms with van der Waals surface area (Å²) in [6.45, 7) is 3.05. The number of hydrogen-bond donors (Lipinski definition) is 1. The van der Waals surface area contributed by atoms with Gasteiger partial charge in [0.15, 0.2) is 12.2 Å². The highest BCUT2D eigenvalue weighted by Gasteiger charge is 2.28. The molecule has 1 N–H and O–H groups in total. The smallest absolute Gasteiger partial charge is 0.347 e. The van der Waals surface area contributed by atoms with E-state index in [0.29, 0.717) is 15.8 Å². The molecular weight excluding hydrogens is 329 g/mol. The van der Waals surface area contributed by atoms with Crippen LogP contribution in [0.3, 0.4) is 0 Å². The van der Waals surface area contributed by atoms with Crippen LogP contribution in [0.5, 0.6) is 5.75 Å². The quantitative estimate of drug-likeness (QED) is 0.805. The molecule has 1 aromatic rings. The molecule has 22 heavy (non-hydrogen) atoms. The van der Waals surface area contributed by atoms with Crippen molar-refractivity contribution in [3.05, 3.63) is 28.2 Å². The van der Waals surface area contributed by atoms with Gasteiger partial charge in [0.2, 0.25) is 0 Å². The summed E-state index contributed by atoms with van der Waals surface area (Å²) in [7, 11) is 0. The number of benzene rings is 1. The van der Waals surface area contributed by atoms with Crippen molar-refractivity contribution in [2.45, 2.75) is 44.9 Å². The Labute approximate surface area is 138 Å². The summed E-state index contributed by atoms with van der Waals surface area (Å²) < 4.78 is 10.5. The van der Waals surface area contributed by atoms with Crippen LogP contribution >= 0.6 is 23.2 Å². The molecule has 0 spiro atoms. The molecule has 0 bridgehead atoms. The number of nitrogens with one attached hydrogen (secondary N) is 1. The predicted molar refractivity (Wildman–Crippen MR) is 83.3 cm³/mol. The zero-order valence-electron chi connectivity index (χ0n) is 12.3. The van der Waals surface area contributed by atoms with Gasteiger partial charge in [0.05, 0.1) is 5.02 Å². The molecule has 0 aromatic heterocycles. The van der Waals surface area contributed by atoms with Crippen molar-refractivity contribution in [2.24, 2.45) is 0 Å². The molecule has 0 heterocycles. The molecule has 1 saturated carbocycles. The minimum Gasteiger partial charge on any atom is -0.477 e. The van der Waals surface area contributed by atoms with Crippen molar-refractivity contribution in [3.63, 3.8) is 0 Å². The van der Waals surface area contributed by atoms with E-state index in [1.54, 1.807) is 12.1 Å². The maximum absolute atomic E-state index is 11.9. The minimum atomic E-state index is -0.894. The molecule has 1 aliphatic carbocycles. The Morgan fingerprint density at radius 2 is 1.91 bits per heavy atom. The predicted octanol–water partition coefficient (Wildman–Crippen LogP) is 2.97. The Hall–Kier alpha value is -1.46. The molecule has 2 rings (SSSR count). The lowest BCUT2D eigenvalue weighted by Gasteiger charge is -2.18. The zero-order chi connectivity index (χ0) is 16.3. The van der Waals surface area contributed by atoms with Gasteiger partial charge in [0.1, 0.15) is 5.75 Å². The highest BCUT2D eigenvalue weighted by atomic mass is 35.5. The van der Waals surface area contributed by atoms with Gasteiger partial charge in [-0.15, -0.1) is 0 Å². The van der Waals surface area contributed by atoms with Gasteiger partial charge in [-0.3, -0.25) is 4.79 Å². The molecule has 0 saturated heterocycles. The second-order valence-corrected chi connectivity index (χ2v) is 6.04. The van der Waals surface area contributed by atoms with Crippen LogP contribution in [0, 0.1) is 0 Å². The molecule has 1 aromatic carbocycles. The number of halogens is 2. The third-order valence-electron chi connectivity index (χ3n) is 3.12. The standard InChI is InChI=1S/C15H17Cl2NO4/c1-8(14(19)18-11-4-5-11)22-15(20)9(2)21-13-6-3-10(16)7-12(13)17/h3,6-9,11H,4-5H2,1-2H3,(H,18,19)/t8-,9-/m0/s1. The molecule has 5 nitrogen and oxygen atoms in total. The van der Waals surface area contributed by atoms with Gasteiger partial charge in [0, 0.05) is 11.1 Å². The molecule has 1 fully saturated rings. The third kappa shape index (κ3) is 4.78. The Bertz CT molecular complexity index is 575. The molecule has 0 unspecified atom stereocenters. The molecule has 0 aliphatic heterocycles. The highest BCUT2D eigenvalue weighted by molar-refractivity contribution is 6.35. The summed E-state index contributed by atoms with van der Waals surface area (Å²) in [5, 5.41) is 3.54. The van der Waals surface area contributed by atoms with E-state index in [2.05, 4.69) is 5.32 Å². The molecule has 7 heteroatoms. The van der Waals surface area contributed by atoms with E-state index in [1.165, 1.54) is 19.9 Å². The van der Waals surface area contributed by atoms with Crippen LogP contribution in [-0.4, -0.2) is 30.1 Å². The van der Waals surface area contributed by atoms with Crippen LogP contribution in [0.15, 0.2) is 18.2 Å². The van der Waals surface area contributed by atoms with Gasteiger partial charge in [-0.1, -0.05) is 23.2 Å². The van der Waals surface area contributed by atoms with Crippen molar-refractivity contribution in [2.75, 3.05) is 0 Å². The first kappa shape index (κ1) is 16.9. The van der Waals surface area contributed by atoms with Gasteiger partial charge in [-0.25, -0.2) is 4.79 Å². The summed E-state index contributed by atoms with van der Waals surface area (Å²) in [5.41, 5.74) is 0. The number of rotatable bonds is 6.